The van der Waals surface area contributed by atoms with Crippen molar-refractivity contribution in [2.24, 2.45) is 11.7 Å². The van der Waals surface area contributed by atoms with Gasteiger partial charge in [-0.3, -0.25) is 14.9 Å². The number of nitrogens with one attached hydrogen (secondary N) is 2. The molecule has 0 bridgehead atoms. The molecule has 2 aromatic rings. The molecule has 1 aromatic carbocycles. The molecule has 1 aliphatic rings. The summed E-state index contributed by atoms with van der Waals surface area (Å²) in [4.78, 5) is 25.5. The van der Waals surface area contributed by atoms with Gasteiger partial charge in [-0.25, -0.2) is 0 Å². The summed E-state index contributed by atoms with van der Waals surface area (Å²) in [5, 5.41) is 6.26. The zero-order valence-electron chi connectivity index (χ0n) is 17.6. The van der Waals surface area contributed by atoms with Gasteiger partial charge >= 0.3 is 0 Å². The van der Waals surface area contributed by atoms with E-state index in [1.54, 1.807) is 38.5 Å². The summed E-state index contributed by atoms with van der Waals surface area (Å²) in [6.07, 6.45) is 5.76. The van der Waals surface area contributed by atoms with E-state index in [9.17, 15) is 9.59 Å². The minimum Gasteiger partial charge on any atom is -0.493 e. The van der Waals surface area contributed by atoms with Gasteiger partial charge in [-0.15, -0.1) is 11.3 Å². The van der Waals surface area contributed by atoms with E-state index < -0.39 is 11.8 Å². The predicted octanol–water partition coefficient (Wildman–Crippen LogP) is 3.52. The average Bonchev–Trinajstić information content (AvgIpc) is 3.08. The molecule has 0 saturated carbocycles. The van der Waals surface area contributed by atoms with Crippen LogP contribution in [-0.4, -0.2) is 31.1 Å². The summed E-state index contributed by atoms with van der Waals surface area (Å²) < 4.78 is 10.5. The third-order valence-electron chi connectivity index (χ3n) is 5.06. The molecule has 3 rings (SSSR count). The van der Waals surface area contributed by atoms with Crippen LogP contribution >= 0.6 is 23.6 Å². The number of hydrogen-bond acceptors (Lipinski definition) is 6. The molecule has 0 radical (unpaired) electrons. The zero-order chi connectivity index (χ0) is 22.5. The SMILES string of the molecule is COc1ccc(/C=C/C(=O)NC(=S)Nc2sc3c(c2C(N)=O)CC[C@@H](C)C3)cc1OC. The number of benzene rings is 1. The maximum absolute atomic E-state index is 12.3. The first-order chi connectivity index (χ1) is 14.8. The van der Waals surface area contributed by atoms with Gasteiger partial charge in [0.05, 0.1) is 19.8 Å². The Morgan fingerprint density at radius 2 is 2.00 bits per heavy atom. The van der Waals surface area contributed by atoms with E-state index in [2.05, 4.69) is 17.6 Å². The second-order valence-corrected chi connectivity index (χ2v) is 8.82. The molecular formula is C22H25N3O4S2. The summed E-state index contributed by atoms with van der Waals surface area (Å²) in [6, 6.07) is 5.32. The Bertz CT molecular complexity index is 1050. The second kappa shape index (κ2) is 9.93. The summed E-state index contributed by atoms with van der Waals surface area (Å²) in [5.41, 5.74) is 7.86. The third-order valence-corrected chi connectivity index (χ3v) is 6.43. The van der Waals surface area contributed by atoms with Gasteiger partial charge in [-0.2, -0.15) is 0 Å². The van der Waals surface area contributed by atoms with Crippen LogP contribution < -0.4 is 25.8 Å². The Hall–Kier alpha value is -2.91. The number of thiophene rings is 1. The van der Waals surface area contributed by atoms with E-state index in [0.29, 0.717) is 28.0 Å². The number of ether oxygens (including phenoxy) is 2. The number of rotatable bonds is 6. The van der Waals surface area contributed by atoms with Crippen molar-refractivity contribution in [1.29, 1.82) is 0 Å². The number of carbonyl (C=O) groups is 2. The molecule has 1 aromatic heterocycles. The molecule has 4 N–H and O–H groups in total. The van der Waals surface area contributed by atoms with Crippen LogP contribution in [0.1, 0.15) is 39.7 Å². The Kier molecular flexibility index (Phi) is 7.29. The highest BCUT2D eigenvalue weighted by Crippen LogP contribution is 2.39. The molecular weight excluding hydrogens is 434 g/mol. The number of amides is 2. The maximum atomic E-state index is 12.3. The monoisotopic (exact) mass is 459 g/mol. The number of carbonyl (C=O) groups excluding carboxylic acids is 2. The fourth-order valence-electron chi connectivity index (χ4n) is 3.52. The molecule has 1 aliphatic carbocycles. The lowest BCUT2D eigenvalue weighted by atomic mass is 9.88. The van der Waals surface area contributed by atoms with Gasteiger partial charge < -0.3 is 20.5 Å². The van der Waals surface area contributed by atoms with Crippen LogP contribution in [0.25, 0.3) is 6.08 Å². The summed E-state index contributed by atoms with van der Waals surface area (Å²) in [7, 11) is 3.11. The van der Waals surface area contributed by atoms with Gasteiger partial charge in [0, 0.05) is 11.0 Å². The van der Waals surface area contributed by atoms with Gasteiger partial charge in [0.1, 0.15) is 5.00 Å². The summed E-state index contributed by atoms with van der Waals surface area (Å²) >= 11 is 6.74. The topological polar surface area (TPSA) is 103 Å². The van der Waals surface area contributed by atoms with Crippen molar-refractivity contribution in [3.05, 3.63) is 45.8 Å². The molecule has 164 valence electrons. The van der Waals surface area contributed by atoms with E-state index in [1.807, 2.05) is 0 Å². The van der Waals surface area contributed by atoms with E-state index in [4.69, 9.17) is 27.4 Å². The highest BCUT2D eigenvalue weighted by atomic mass is 32.1. The van der Waals surface area contributed by atoms with Crippen molar-refractivity contribution in [2.75, 3.05) is 19.5 Å². The number of primary amides is 1. The van der Waals surface area contributed by atoms with Crippen LogP contribution in [0.5, 0.6) is 11.5 Å². The first-order valence-electron chi connectivity index (χ1n) is 9.78. The van der Waals surface area contributed by atoms with Crippen LogP contribution in [0.3, 0.4) is 0 Å². The minimum absolute atomic E-state index is 0.108. The van der Waals surface area contributed by atoms with E-state index in [-0.39, 0.29) is 5.11 Å². The molecule has 1 atom stereocenters. The van der Waals surface area contributed by atoms with Crippen LogP contribution in [-0.2, 0) is 17.6 Å². The van der Waals surface area contributed by atoms with E-state index in [1.165, 1.54) is 17.4 Å². The number of methoxy groups -OCH3 is 2. The molecule has 0 saturated heterocycles. The quantitative estimate of drug-likeness (QED) is 0.451. The lowest BCUT2D eigenvalue weighted by molar-refractivity contribution is -0.115. The molecule has 0 spiro atoms. The molecule has 0 fully saturated rings. The largest absolute Gasteiger partial charge is 0.493 e. The predicted molar refractivity (Wildman–Crippen MR) is 127 cm³/mol. The minimum atomic E-state index is -0.489. The van der Waals surface area contributed by atoms with Crippen LogP contribution in [0.4, 0.5) is 5.00 Å². The van der Waals surface area contributed by atoms with E-state index in [0.717, 1.165) is 35.3 Å². The molecule has 1 heterocycles. The molecule has 31 heavy (non-hydrogen) atoms. The Labute approximate surface area is 190 Å². The van der Waals surface area contributed by atoms with Gasteiger partial charge in [0.2, 0.25) is 5.91 Å². The third kappa shape index (κ3) is 5.42. The second-order valence-electron chi connectivity index (χ2n) is 7.31. The number of anilines is 1. The fraction of sp³-hybridized carbons (Fsp3) is 0.318. The van der Waals surface area contributed by atoms with Crippen LogP contribution in [0.2, 0.25) is 0 Å². The highest BCUT2D eigenvalue weighted by molar-refractivity contribution is 7.80. The Morgan fingerprint density at radius 1 is 1.26 bits per heavy atom. The number of fused-ring (bicyclic) bond motifs is 1. The molecule has 0 unspecified atom stereocenters. The molecule has 9 heteroatoms. The number of thiocarbonyl (C=S) groups is 1. The molecule has 0 aliphatic heterocycles. The Morgan fingerprint density at radius 3 is 2.68 bits per heavy atom. The first-order valence-corrected chi connectivity index (χ1v) is 11.0. The lowest BCUT2D eigenvalue weighted by Gasteiger charge is -2.18. The van der Waals surface area contributed by atoms with Gasteiger partial charge in [-0.1, -0.05) is 13.0 Å². The summed E-state index contributed by atoms with van der Waals surface area (Å²) in [6.45, 7) is 2.19. The normalized spacial score (nSPS) is 15.3. The fourth-order valence-corrected chi connectivity index (χ4v) is 5.20. The van der Waals surface area contributed by atoms with Crippen molar-refractivity contribution in [2.45, 2.75) is 26.2 Å². The first kappa shape index (κ1) is 22.8. The highest BCUT2D eigenvalue weighted by Gasteiger charge is 2.26. The number of hydrogen-bond donors (Lipinski definition) is 3. The van der Waals surface area contributed by atoms with Crippen molar-refractivity contribution in [1.82, 2.24) is 5.32 Å². The lowest BCUT2D eigenvalue weighted by Crippen LogP contribution is -2.33. The molecule has 2 amide bonds. The number of nitrogens with two attached hydrogens (primary N) is 1. The average molecular weight is 460 g/mol. The maximum Gasteiger partial charge on any atom is 0.251 e. The van der Waals surface area contributed by atoms with Crippen molar-refractivity contribution in [3.8, 4) is 11.5 Å². The smallest absolute Gasteiger partial charge is 0.251 e. The zero-order valence-corrected chi connectivity index (χ0v) is 19.2. The van der Waals surface area contributed by atoms with Gasteiger partial charge in [0.25, 0.3) is 5.91 Å². The van der Waals surface area contributed by atoms with E-state index >= 15 is 0 Å². The summed E-state index contributed by atoms with van der Waals surface area (Å²) in [5.74, 6) is 0.845. The van der Waals surface area contributed by atoms with Crippen LogP contribution in [0, 0.1) is 5.92 Å². The van der Waals surface area contributed by atoms with Crippen LogP contribution in [0.15, 0.2) is 24.3 Å². The van der Waals surface area contributed by atoms with Gasteiger partial charge in [-0.05, 0) is 66.7 Å². The van der Waals surface area contributed by atoms with Crippen molar-refractivity contribution >= 4 is 51.6 Å². The standard InChI is InChI=1S/C22H25N3O4S2/c1-12-4-7-14-17(10-12)31-21(19(14)20(23)27)25-22(30)24-18(26)9-6-13-5-8-15(28-2)16(11-13)29-3/h5-6,8-9,11-12H,4,7,10H2,1-3H3,(H2,23,27)(H2,24,25,26,30)/b9-6+/t12-/m1/s1. The Balaban J connectivity index is 1.67. The molecule has 7 nitrogen and oxygen atoms in total. The van der Waals surface area contributed by atoms with Crippen molar-refractivity contribution < 1.29 is 19.1 Å². The van der Waals surface area contributed by atoms with Gasteiger partial charge in [0.15, 0.2) is 16.6 Å². The van der Waals surface area contributed by atoms with Crippen molar-refractivity contribution in [3.63, 3.8) is 0 Å².